The molecular weight excluding hydrogens is 452 g/mol. The fourth-order valence-electron chi connectivity index (χ4n) is 4.72. The third-order valence-electron chi connectivity index (χ3n) is 6.86. The van der Waals surface area contributed by atoms with E-state index in [1.807, 2.05) is 48.5 Å². The molecule has 1 aliphatic carbocycles. The van der Waals surface area contributed by atoms with Gasteiger partial charge in [0.15, 0.2) is 0 Å². The van der Waals surface area contributed by atoms with Crippen LogP contribution in [0.15, 0.2) is 48.5 Å². The SMILES string of the molecule is COC(C)C(NC(=O)OCC1c2ccccc2-c2ccccc21)C(=O)NC1(C(=O)O)CCOCC1. The van der Waals surface area contributed by atoms with Crippen LogP contribution in [-0.2, 0) is 23.8 Å². The highest BCUT2D eigenvalue weighted by Gasteiger charge is 2.44. The molecule has 0 aromatic heterocycles. The fraction of sp³-hybridized carbons (Fsp3) is 0.423. The van der Waals surface area contributed by atoms with E-state index in [0.717, 1.165) is 22.3 Å². The Balaban J connectivity index is 1.44. The van der Waals surface area contributed by atoms with E-state index in [2.05, 4.69) is 10.6 Å². The summed E-state index contributed by atoms with van der Waals surface area (Å²) in [6.45, 7) is 2.14. The third kappa shape index (κ3) is 5.01. The molecule has 1 aliphatic heterocycles. The fourth-order valence-corrected chi connectivity index (χ4v) is 4.72. The van der Waals surface area contributed by atoms with Gasteiger partial charge in [-0.15, -0.1) is 0 Å². The number of fused-ring (bicyclic) bond motifs is 3. The number of ether oxygens (including phenoxy) is 3. The van der Waals surface area contributed by atoms with Gasteiger partial charge in [-0.3, -0.25) is 4.79 Å². The van der Waals surface area contributed by atoms with Crippen LogP contribution in [0.5, 0.6) is 0 Å². The number of carbonyl (C=O) groups excluding carboxylic acids is 2. The maximum absolute atomic E-state index is 13.1. The molecule has 0 spiro atoms. The maximum atomic E-state index is 13.1. The van der Waals surface area contributed by atoms with Gasteiger partial charge >= 0.3 is 12.1 Å². The lowest BCUT2D eigenvalue weighted by molar-refractivity contribution is -0.153. The highest BCUT2D eigenvalue weighted by molar-refractivity contribution is 5.91. The van der Waals surface area contributed by atoms with Crippen molar-refractivity contribution in [3.63, 3.8) is 0 Å². The van der Waals surface area contributed by atoms with Crippen LogP contribution in [0.4, 0.5) is 4.79 Å². The lowest BCUT2D eigenvalue weighted by Gasteiger charge is -2.35. The molecular formula is C26H30N2O7. The summed E-state index contributed by atoms with van der Waals surface area (Å²) in [5, 5.41) is 14.9. The Kier molecular flexibility index (Phi) is 7.37. The minimum atomic E-state index is -1.45. The highest BCUT2D eigenvalue weighted by atomic mass is 16.5. The molecule has 1 heterocycles. The van der Waals surface area contributed by atoms with Crippen molar-refractivity contribution >= 4 is 18.0 Å². The van der Waals surface area contributed by atoms with Gasteiger partial charge < -0.3 is 30.0 Å². The summed E-state index contributed by atoms with van der Waals surface area (Å²) in [5.74, 6) is -1.92. The number of nitrogens with one attached hydrogen (secondary N) is 2. The van der Waals surface area contributed by atoms with Crippen LogP contribution in [0.3, 0.4) is 0 Å². The van der Waals surface area contributed by atoms with Crippen LogP contribution in [0.1, 0.15) is 36.8 Å². The van der Waals surface area contributed by atoms with Crippen molar-refractivity contribution in [3.05, 3.63) is 59.7 Å². The lowest BCUT2D eigenvalue weighted by Crippen LogP contribution is -2.63. The van der Waals surface area contributed by atoms with Crippen LogP contribution >= 0.6 is 0 Å². The maximum Gasteiger partial charge on any atom is 0.407 e. The van der Waals surface area contributed by atoms with Crippen molar-refractivity contribution in [2.75, 3.05) is 26.9 Å². The average Bonchev–Trinajstić information content (AvgIpc) is 3.19. The van der Waals surface area contributed by atoms with E-state index >= 15 is 0 Å². The van der Waals surface area contributed by atoms with Gasteiger partial charge in [-0.2, -0.15) is 0 Å². The largest absolute Gasteiger partial charge is 0.480 e. The van der Waals surface area contributed by atoms with Crippen molar-refractivity contribution in [3.8, 4) is 11.1 Å². The number of hydrogen-bond donors (Lipinski definition) is 3. The predicted octanol–water partition coefficient (Wildman–Crippen LogP) is 2.68. The number of rotatable bonds is 8. The van der Waals surface area contributed by atoms with E-state index in [4.69, 9.17) is 14.2 Å². The minimum Gasteiger partial charge on any atom is -0.480 e. The van der Waals surface area contributed by atoms with E-state index in [1.165, 1.54) is 7.11 Å². The van der Waals surface area contributed by atoms with Gasteiger partial charge in [0.1, 0.15) is 18.2 Å². The number of hydrogen-bond acceptors (Lipinski definition) is 6. The Morgan fingerprint density at radius 1 is 1.06 bits per heavy atom. The van der Waals surface area contributed by atoms with Crippen molar-refractivity contribution in [1.29, 1.82) is 0 Å². The Labute approximate surface area is 203 Å². The summed E-state index contributed by atoms with van der Waals surface area (Å²) in [4.78, 5) is 37.8. The van der Waals surface area contributed by atoms with Crippen molar-refractivity contribution in [2.24, 2.45) is 0 Å². The molecule has 9 heteroatoms. The molecule has 2 aliphatic rings. The summed E-state index contributed by atoms with van der Waals surface area (Å²) in [6, 6.07) is 14.8. The monoisotopic (exact) mass is 482 g/mol. The van der Waals surface area contributed by atoms with Gasteiger partial charge in [0.25, 0.3) is 0 Å². The molecule has 4 rings (SSSR count). The highest BCUT2D eigenvalue weighted by Crippen LogP contribution is 2.44. The second-order valence-electron chi connectivity index (χ2n) is 8.88. The molecule has 9 nitrogen and oxygen atoms in total. The summed E-state index contributed by atoms with van der Waals surface area (Å²) >= 11 is 0. The van der Waals surface area contributed by atoms with Gasteiger partial charge in [0.05, 0.1) is 6.10 Å². The number of methoxy groups -OCH3 is 1. The first-order valence-electron chi connectivity index (χ1n) is 11.6. The molecule has 2 atom stereocenters. The summed E-state index contributed by atoms with van der Waals surface area (Å²) in [5.41, 5.74) is 2.91. The zero-order valence-electron chi connectivity index (χ0n) is 19.8. The standard InChI is InChI=1S/C26H30N2O7/c1-16(33-2)22(23(29)28-26(24(30)31)11-13-34-14-12-26)27-25(32)35-15-21-19-9-5-3-7-17(19)18-8-4-6-10-20(18)21/h3-10,16,21-22H,11-15H2,1-2H3,(H,27,32)(H,28,29)(H,30,31). The topological polar surface area (TPSA) is 123 Å². The Morgan fingerprint density at radius 3 is 2.17 bits per heavy atom. The quantitative estimate of drug-likeness (QED) is 0.529. The Hall–Kier alpha value is -3.43. The smallest absolute Gasteiger partial charge is 0.407 e. The molecule has 3 N–H and O–H groups in total. The Morgan fingerprint density at radius 2 is 1.63 bits per heavy atom. The summed E-state index contributed by atoms with van der Waals surface area (Å²) in [7, 11) is 1.41. The lowest BCUT2D eigenvalue weighted by atomic mass is 9.89. The molecule has 2 amide bonds. The third-order valence-corrected chi connectivity index (χ3v) is 6.86. The van der Waals surface area contributed by atoms with Crippen molar-refractivity contribution in [1.82, 2.24) is 10.6 Å². The van der Waals surface area contributed by atoms with Gasteiger partial charge in [0, 0.05) is 39.1 Å². The number of carbonyl (C=O) groups is 3. The van der Waals surface area contributed by atoms with Gasteiger partial charge in [-0.1, -0.05) is 48.5 Å². The zero-order valence-corrected chi connectivity index (χ0v) is 19.8. The van der Waals surface area contributed by atoms with E-state index in [9.17, 15) is 19.5 Å². The number of carboxylic acid groups (broad SMARTS) is 1. The summed E-state index contributed by atoms with van der Waals surface area (Å²) < 4.78 is 16.1. The van der Waals surface area contributed by atoms with Crippen LogP contribution in [0.2, 0.25) is 0 Å². The van der Waals surface area contributed by atoms with Crippen LogP contribution in [0, 0.1) is 0 Å². The number of benzene rings is 2. The molecule has 0 radical (unpaired) electrons. The van der Waals surface area contributed by atoms with Gasteiger partial charge in [-0.25, -0.2) is 9.59 Å². The molecule has 2 aromatic carbocycles. The van der Waals surface area contributed by atoms with Crippen molar-refractivity contribution < 1.29 is 33.7 Å². The van der Waals surface area contributed by atoms with Gasteiger partial charge in [0.2, 0.25) is 5.91 Å². The number of amides is 2. The molecule has 1 fully saturated rings. The number of aliphatic carboxylic acids is 1. The molecule has 35 heavy (non-hydrogen) atoms. The first-order chi connectivity index (χ1) is 16.9. The Bertz CT molecular complexity index is 1050. The van der Waals surface area contributed by atoms with Crippen molar-refractivity contribution in [2.45, 2.75) is 43.4 Å². The molecule has 0 bridgehead atoms. The normalized spacial score (nSPS) is 18.0. The van der Waals surface area contributed by atoms with Crippen LogP contribution in [0.25, 0.3) is 11.1 Å². The minimum absolute atomic E-state index is 0.0893. The van der Waals surface area contributed by atoms with Crippen LogP contribution in [-0.4, -0.2) is 67.7 Å². The predicted molar refractivity (Wildman–Crippen MR) is 127 cm³/mol. The van der Waals surface area contributed by atoms with Crippen LogP contribution < -0.4 is 10.6 Å². The van der Waals surface area contributed by atoms with E-state index in [1.54, 1.807) is 6.92 Å². The van der Waals surface area contributed by atoms with E-state index in [-0.39, 0.29) is 38.6 Å². The van der Waals surface area contributed by atoms with E-state index in [0.29, 0.717) is 0 Å². The second kappa shape index (κ2) is 10.5. The first-order valence-corrected chi connectivity index (χ1v) is 11.6. The second-order valence-corrected chi connectivity index (χ2v) is 8.88. The molecule has 186 valence electrons. The number of alkyl carbamates (subject to hydrolysis) is 1. The summed E-state index contributed by atoms with van der Waals surface area (Å²) in [6.07, 6.45) is -1.24. The molecule has 0 saturated carbocycles. The zero-order chi connectivity index (χ0) is 25.0. The van der Waals surface area contributed by atoms with Gasteiger partial charge in [-0.05, 0) is 29.2 Å². The average molecular weight is 483 g/mol. The molecule has 2 aromatic rings. The molecule has 2 unspecified atom stereocenters. The number of carboxylic acids is 1. The molecule has 1 saturated heterocycles. The van der Waals surface area contributed by atoms with E-state index < -0.39 is 35.7 Å². The first kappa shape index (κ1) is 24.7.